The molecule has 0 spiro atoms. The van der Waals surface area contributed by atoms with Gasteiger partial charge in [-0.05, 0) is 55.9 Å². The highest BCUT2D eigenvalue weighted by molar-refractivity contribution is 7.89. The quantitative estimate of drug-likeness (QED) is 0.412. The van der Waals surface area contributed by atoms with Crippen molar-refractivity contribution in [1.29, 1.82) is 0 Å². The van der Waals surface area contributed by atoms with Gasteiger partial charge >= 0.3 is 0 Å². The highest BCUT2D eigenvalue weighted by Gasteiger charge is 2.19. The largest absolute Gasteiger partial charge is 0.357 e. The number of halogens is 2. The van der Waals surface area contributed by atoms with Crippen LogP contribution in [0.5, 0.6) is 0 Å². The molecule has 0 radical (unpaired) electrons. The number of nitrogens with one attached hydrogen (secondary N) is 3. The standard InChI is InChI=1S/C18H28F2N4O2S/c1-2-21-18(22-9-8-15-12-16(19)6-7-17(15)20)23-10-11-27(25,26)24-13-14-4-3-5-14/h6-7,12,14,24H,2-5,8-11,13H2,1H3,(H2,21,22,23). The Kier molecular flexibility index (Phi) is 8.43. The topological polar surface area (TPSA) is 82.6 Å². The van der Waals surface area contributed by atoms with E-state index in [1.165, 1.54) is 12.5 Å². The molecule has 0 bridgehead atoms. The minimum atomic E-state index is -3.34. The zero-order valence-electron chi connectivity index (χ0n) is 15.6. The molecule has 1 aliphatic rings. The lowest BCUT2D eigenvalue weighted by Crippen LogP contribution is -2.39. The second-order valence-corrected chi connectivity index (χ2v) is 8.56. The normalized spacial score (nSPS) is 15.4. The predicted octanol–water partition coefficient (Wildman–Crippen LogP) is 1.78. The lowest BCUT2D eigenvalue weighted by molar-refractivity contribution is 0.316. The minimum Gasteiger partial charge on any atom is -0.357 e. The lowest BCUT2D eigenvalue weighted by Gasteiger charge is -2.25. The Morgan fingerprint density at radius 1 is 1.26 bits per heavy atom. The van der Waals surface area contributed by atoms with E-state index in [-0.39, 0.29) is 24.3 Å². The average Bonchev–Trinajstić information content (AvgIpc) is 2.56. The van der Waals surface area contributed by atoms with E-state index in [0.29, 0.717) is 31.5 Å². The highest BCUT2D eigenvalue weighted by atomic mass is 32.2. The van der Waals surface area contributed by atoms with Crippen molar-refractivity contribution in [1.82, 2.24) is 15.4 Å². The molecule has 0 aromatic heterocycles. The van der Waals surface area contributed by atoms with E-state index in [9.17, 15) is 17.2 Å². The van der Waals surface area contributed by atoms with Crippen LogP contribution in [-0.4, -0.2) is 46.3 Å². The molecule has 1 fully saturated rings. The minimum absolute atomic E-state index is 0.0885. The van der Waals surface area contributed by atoms with Gasteiger partial charge in [-0.15, -0.1) is 0 Å². The van der Waals surface area contributed by atoms with E-state index in [4.69, 9.17) is 0 Å². The van der Waals surface area contributed by atoms with Crippen molar-refractivity contribution in [3.05, 3.63) is 35.4 Å². The van der Waals surface area contributed by atoms with E-state index in [0.717, 1.165) is 25.0 Å². The summed E-state index contributed by atoms with van der Waals surface area (Å²) in [5.41, 5.74) is 0.279. The smallest absolute Gasteiger partial charge is 0.213 e. The van der Waals surface area contributed by atoms with E-state index in [2.05, 4.69) is 20.3 Å². The SMILES string of the molecule is CCNC(=NCCS(=O)(=O)NCC1CCC1)NCCc1cc(F)ccc1F. The van der Waals surface area contributed by atoms with Crippen molar-refractivity contribution in [2.24, 2.45) is 10.9 Å². The van der Waals surface area contributed by atoms with Crippen molar-refractivity contribution in [2.75, 3.05) is 31.9 Å². The Morgan fingerprint density at radius 3 is 2.70 bits per heavy atom. The van der Waals surface area contributed by atoms with Crippen LogP contribution in [-0.2, 0) is 16.4 Å². The Labute approximate surface area is 159 Å². The molecule has 0 saturated heterocycles. The molecule has 6 nitrogen and oxygen atoms in total. The van der Waals surface area contributed by atoms with Gasteiger partial charge in [-0.2, -0.15) is 0 Å². The van der Waals surface area contributed by atoms with Gasteiger partial charge in [-0.1, -0.05) is 6.42 Å². The Morgan fingerprint density at radius 2 is 2.04 bits per heavy atom. The number of nitrogens with zero attached hydrogens (tertiary/aromatic N) is 1. The number of hydrogen-bond donors (Lipinski definition) is 3. The van der Waals surface area contributed by atoms with Crippen molar-refractivity contribution >= 4 is 16.0 Å². The molecule has 1 saturated carbocycles. The second-order valence-electron chi connectivity index (χ2n) is 6.64. The first-order valence-corrected chi connectivity index (χ1v) is 11.0. The molecule has 9 heteroatoms. The van der Waals surface area contributed by atoms with Crippen LogP contribution in [0.15, 0.2) is 23.2 Å². The summed E-state index contributed by atoms with van der Waals surface area (Å²) in [5.74, 6) is -0.112. The first-order chi connectivity index (χ1) is 12.9. The predicted molar refractivity (Wildman–Crippen MR) is 103 cm³/mol. The van der Waals surface area contributed by atoms with Crippen molar-refractivity contribution in [3.8, 4) is 0 Å². The summed E-state index contributed by atoms with van der Waals surface area (Å²) in [6.07, 6.45) is 3.63. The third kappa shape index (κ3) is 7.80. The molecule has 2 rings (SSSR count). The first-order valence-electron chi connectivity index (χ1n) is 9.33. The average molecular weight is 403 g/mol. The van der Waals surface area contributed by atoms with Crippen LogP contribution in [0.25, 0.3) is 0 Å². The fraction of sp³-hybridized carbons (Fsp3) is 0.611. The van der Waals surface area contributed by atoms with E-state index in [1.807, 2.05) is 6.92 Å². The van der Waals surface area contributed by atoms with Crippen LogP contribution >= 0.6 is 0 Å². The Balaban J connectivity index is 1.77. The Bertz CT molecular complexity index is 737. The van der Waals surface area contributed by atoms with Gasteiger partial charge in [0.05, 0.1) is 12.3 Å². The number of rotatable bonds is 10. The van der Waals surface area contributed by atoms with Gasteiger partial charge in [0.15, 0.2) is 5.96 Å². The van der Waals surface area contributed by atoms with Gasteiger partial charge in [0.25, 0.3) is 0 Å². The third-order valence-corrected chi connectivity index (χ3v) is 5.81. The summed E-state index contributed by atoms with van der Waals surface area (Å²) in [7, 11) is -3.34. The summed E-state index contributed by atoms with van der Waals surface area (Å²) < 4.78 is 53.4. The molecule has 0 heterocycles. The van der Waals surface area contributed by atoms with Crippen molar-refractivity contribution in [3.63, 3.8) is 0 Å². The molecule has 1 aliphatic carbocycles. The zero-order valence-corrected chi connectivity index (χ0v) is 16.4. The zero-order chi connectivity index (χ0) is 19.7. The number of hydrogen-bond acceptors (Lipinski definition) is 3. The maximum atomic E-state index is 13.6. The fourth-order valence-corrected chi connectivity index (χ4v) is 3.65. The second kappa shape index (κ2) is 10.6. The number of benzene rings is 1. The van der Waals surface area contributed by atoms with E-state index in [1.54, 1.807) is 0 Å². The lowest BCUT2D eigenvalue weighted by atomic mass is 9.86. The number of guanidine groups is 1. The molecule has 0 atom stereocenters. The third-order valence-electron chi connectivity index (χ3n) is 4.49. The van der Waals surface area contributed by atoms with Gasteiger partial charge in [0, 0.05) is 19.6 Å². The number of aliphatic imine (C=N–C) groups is 1. The molecule has 152 valence electrons. The van der Waals surface area contributed by atoms with Gasteiger partial charge in [-0.25, -0.2) is 21.9 Å². The van der Waals surface area contributed by atoms with Crippen molar-refractivity contribution < 1.29 is 17.2 Å². The van der Waals surface area contributed by atoms with Crippen molar-refractivity contribution in [2.45, 2.75) is 32.6 Å². The van der Waals surface area contributed by atoms with Gasteiger partial charge in [0.1, 0.15) is 11.6 Å². The Hall–Kier alpha value is -1.74. The van der Waals surface area contributed by atoms with Gasteiger partial charge in [0.2, 0.25) is 10.0 Å². The van der Waals surface area contributed by atoms with Crippen LogP contribution in [0.1, 0.15) is 31.7 Å². The highest BCUT2D eigenvalue weighted by Crippen LogP contribution is 2.25. The molecule has 27 heavy (non-hydrogen) atoms. The van der Waals surface area contributed by atoms with Crippen LogP contribution < -0.4 is 15.4 Å². The number of sulfonamides is 1. The van der Waals surface area contributed by atoms with Crippen LogP contribution in [0.2, 0.25) is 0 Å². The molecule has 1 aromatic rings. The van der Waals surface area contributed by atoms with Crippen LogP contribution in [0, 0.1) is 17.6 Å². The monoisotopic (exact) mass is 402 g/mol. The summed E-state index contributed by atoms with van der Waals surface area (Å²) in [6, 6.07) is 3.35. The maximum Gasteiger partial charge on any atom is 0.213 e. The molecule has 1 aromatic carbocycles. The summed E-state index contributed by atoms with van der Waals surface area (Å²) in [6.45, 7) is 3.46. The molecule has 0 aliphatic heterocycles. The van der Waals surface area contributed by atoms with Crippen LogP contribution in [0.4, 0.5) is 8.78 Å². The van der Waals surface area contributed by atoms with Gasteiger partial charge < -0.3 is 10.6 Å². The van der Waals surface area contributed by atoms with E-state index < -0.39 is 21.7 Å². The van der Waals surface area contributed by atoms with Gasteiger partial charge in [-0.3, -0.25) is 4.99 Å². The van der Waals surface area contributed by atoms with E-state index >= 15 is 0 Å². The summed E-state index contributed by atoms with van der Waals surface area (Å²) >= 11 is 0. The molecule has 0 unspecified atom stereocenters. The maximum absolute atomic E-state index is 13.6. The molecular weight excluding hydrogens is 374 g/mol. The molecular formula is C18H28F2N4O2S. The van der Waals surface area contributed by atoms with Crippen LogP contribution in [0.3, 0.4) is 0 Å². The first kappa shape index (κ1) is 21.6. The molecule has 3 N–H and O–H groups in total. The molecule has 0 amide bonds. The summed E-state index contributed by atoms with van der Waals surface area (Å²) in [4.78, 5) is 4.24. The summed E-state index contributed by atoms with van der Waals surface area (Å²) in [5, 5.41) is 6.01. The fourth-order valence-electron chi connectivity index (χ4n) is 2.68.